The molecule has 0 atom stereocenters. The smallest absolute Gasteiger partial charge is 0.206 e. The first kappa shape index (κ1) is 9.12. The molecule has 0 fully saturated rings. The van der Waals surface area contributed by atoms with E-state index in [4.69, 9.17) is 16.7 Å². The maximum atomic E-state index is 12.4. The standard InChI is InChI=1S/C6HClF4O/c7-1-2(8)4(10)5(11)6(12)3(1)9/h12H. The number of phenols is 1. The van der Waals surface area contributed by atoms with Crippen LogP contribution < -0.4 is 0 Å². The summed E-state index contributed by atoms with van der Waals surface area (Å²) in [5, 5.41) is 7.18. The molecule has 66 valence electrons. The van der Waals surface area contributed by atoms with Crippen molar-refractivity contribution in [3.63, 3.8) is 0 Å². The first-order valence-corrected chi connectivity index (χ1v) is 3.05. The summed E-state index contributed by atoms with van der Waals surface area (Å²) in [7, 11) is 0. The van der Waals surface area contributed by atoms with Crippen LogP contribution in [0.4, 0.5) is 17.6 Å². The molecule has 1 aromatic carbocycles. The highest BCUT2D eigenvalue weighted by molar-refractivity contribution is 6.31. The van der Waals surface area contributed by atoms with Crippen molar-refractivity contribution in [3.8, 4) is 5.75 Å². The summed E-state index contributed by atoms with van der Waals surface area (Å²) in [6.07, 6.45) is 0. The number of halogens is 5. The SMILES string of the molecule is Oc1c(F)c(F)c(F)c(Cl)c1F. The molecule has 0 aliphatic carbocycles. The summed E-state index contributed by atoms with van der Waals surface area (Å²) in [6, 6.07) is 0. The molecule has 0 aliphatic heterocycles. The Hall–Kier alpha value is -0.970. The van der Waals surface area contributed by atoms with E-state index >= 15 is 0 Å². The molecule has 0 aromatic heterocycles. The summed E-state index contributed by atoms with van der Waals surface area (Å²) >= 11 is 4.84. The average molecular weight is 201 g/mol. The van der Waals surface area contributed by atoms with Crippen LogP contribution in [0.15, 0.2) is 0 Å². The highest BCUT2D eigenvalue weighted by atomic mass is 35.5. The maximum absolute atomic E-state index is 12.4. The van der Waals surface area contributed by atoms with Gasteiger partial charge in [-0.15, -0.1) is 0 Å². The molecule has 12 heavy (non-hydrogen) atoms. The van der Waals surface area contributed by atoms with Crippen molar-refractivity contribution in [3.05, 3.63) is 28.3 Å². The fourth-order valence-corrected chi connectivity index (χ4v) is 0.766. The van der Waals surface area contributed by atoms with E-state index in [0.717, 1.165) is 0 Å². The Kier molecular flexibility index (Phi) is 2.14. The van der Waals surface area contributed by atoms with Gasteiger partial charge in [-0.25, -0.2) is 13.2 Å². The quantitative estimate of drug-likeness (QED) is 0.388. The zero-order valence-electron chi connectivity index (χ0n) is 5.34. The summed E-state index contributed by atoms with van der Waals surface area (Å²) in [5.74, 6) is -9.19. The lowest BCUT2D eigenvalue weighted by Gasteiger charge is -2.01. The molecule has 0 amide bonds. The van der Waals surface area contributed by atoms with Crippen LogP contribution in [0.5, 0.6) is 5.75 Å². The van der Waals surface area contributed by atoms with Crippen LogP contribution in [-0.4, -0.2) is 5.11 Å². The van der Waals surface area contributed by atoms with Crippen LogP contribution in [0.25, 0.3) is 0 Å². The number of benzene rings is 1. The van der Waals surface area contributed by atoms with Crippen molar-refractivity contribution >= 4 is 11.6 Å². The topological polar surface area (TPSA) is 20.2 Å². The van der Waals surface area contributed by atoms with Crippen molar-refractivity contribution < 1.29 is 22.7 Å². The van der Waals surface area contributed by atoms with Crippen LogP contribution >= 0.6 is 11.6 Å². The number of hydrogen-bond donors (Lipinski definition) is 1. The fraction of sp³-hybridized carbons (Fsp3) is 0. The van der Waals surface area contributed by atoms with Gasteiger partial charge in [-0.1, -0.05) is 11.6 Å². The van der Waals surface area contributed by atoms with Crippen molar-refractivity contribution in [2.75, 3.05) is 0 Å². The Morgan fingerprint density at radius 1 is 0.833 bits per heavy atom. The third-order valence-corrected chi connectivity index (χ3v) is 1.52. The molecule has 6 heteroatoms. The largest absolute Gasteiger partial charge is 0.503 e. The minimum absolute atomic E-state index is 1.27. The molecule has 0 heterocycles. The molecule has 0 bridgehead atoms. The van der Waals surface area contributed by atoms with Crippen LogP contribution in [0.2, 0.25) is 5.02 Å². The van der Waals surface area contributed by atoms with Crippen LogP contribution in [0, 0.1) is 23.3 Å². The summed E-state index contributed by atoms with van der Waals surface area (Å²) in [5.41, 5.74) is 0. The zero-order valence-corrected chi connectivity index (χ0v) is 6.09. The molecular formula is C6HClF4O. The van der Waals surface area contributed by atoms with E-state index in [1.54, 1.807) is 0 Å². The Morgan fingerprint density at radius 2 is 1.33 bits per heavy atom. The number of rotatable bonds is 0. The highest BCUT2D eigenvalue weighted by Crippen LogP contribution is 2.31. The van der Waals surface area contributed by atoms with Gasteiger partial charge in [0, 0.05) is 0 Å². The number of aromatic hydroxyl groups is 1. The van der Waals surface area contributed by atoms with Crippen molar-refractivity contribution in [2.45, 2.75) is 0 Å². The lowest BCUT2D eigenvalue weighted by atomic mass is 10.3. The Bertz CT molecular complexity index is 234. The van der Waals surface area contributed by atoms with E-state index in [1.165, 1.54) is 0 Å². The molecular weight excluding hydrogens is 200 g/mol. The van der Waals surface area contributed by atoms with E-state index in [9.17, 15) is 17.6 Å². The van der Waals surface area contributed by atoms with Gasteiger partial charge >= 0.3 is 0 Å². The Balaban J connectivity index is 3.60. The van der Waals surface area contributed by atoms with Crippen molar-refractivity contribution in [1.82, 2.24) is 0 Å². The van der Waals surface area contributed by atoms with E-state index in [2.05, 4.69) is 0 Å². The van der Waals surface area contributed by atoms with Gasteiger partial charge in [-0.2, -0.15) is 4.39 Å². The van der Waals surface area contributed by atoms with Gasteiger partial charge in [0.1, 0.15) is 5.02 Å². The second kappa shape index (κ2) is 2.82. The van der Waals surface area contributed by atoms with Gasteiger partial charge in [-0.3, -0.25) is 0 Å². The second-order valence-electron chi connectivity index (χ2n) is 1.92. The first-order valence-electron chi connectivity index (χ1n) is 2.67. The maximum Gasteiger partial charge on any atom is 0.206 e. The monoisotopic (exact) mass is 200 g/mol. The molecule has 0 unspecified atom stereocenters. The Labute approximate surface area is 69.2 Å². The molecule has 0 saturated carbocycles. The first-order chi connectivity index (χ1) is 5.46. The van der Waals surface area contributed by atoms with E-state index in [-0.39, 0.29) is 0 Å². The fourth-order valence-electron chi connectivity index (χ4n) is 0.593. The second-order valence-corrected chi connectivity index (χ2v) is 2.30. The van der Waals surface area contributed by atoms with Gasteiger partial charge in [0.25, 0.3) is 0 Å². The van der Waals surface area contributed by atoms with Crippen molar-refractivity contribution in [2.24, 2.45) is 0 Å². The van der Waals surface area contributed by atoms with Crippen LogP contribution in [0.1, 0.15) is 0 Å². The van der Waals surface area contributed by atoms with Gasteiger partial charge in [0.15, 0.2) is 23.2 Å². The van der Waals surface area contributed by atoms with Crippen LogP contribution in [-0.2, 0) is 0 Å². The summed E-state index contributed by atoms with van der Waals surface area (Å²) in [6.45, 7) is 0. The third-order valence-electron chi connectivity index (χ3n) is 1.19. The lowest BCUT2D eigenvalue weighted by Crippen LogP contribution is -1.96. The normalized spacial score (nSPS) is 10.4. The Morgan fingerprint density at radius 3 is 1.83 bits per heavy atom. The summed E-state index contributed by atoms with van der Waals surface area (Å²) < 4.78 is 49.3. The van der Waals surface area contributed by atoms with E-state index in [1.807, 2.05) is 0 Å². The molecule has 1 rings (SSSR count). The molecule has 0 spiro atoms. The molecule has 1 N–H and O–H groups in total. The predicted molar refractivity (Wildman–Crippen MR) is 32.9 cm³/mol. The molecule has 0 aliphatic rings. The third kappa shape index (κ3) is 1.10. The predicted octanol–water partition coefficient (Wildman–Crippen LogP) is 2.60. The minimum atomic E-state index is -2.00. The minimum Gasteiger partial charge on any atom is -0.503 e. The van der Waals surface area contributed by atoms with E-state index < -0.39 is 34.0 Å². The highest BCUT2D eigenvalue weighted by Gasteiger charge is 2.23. The van der Waals surface area contributed by atoms with Gasteiger partial charge in [-0.05, 0) is 0 Å². The van der Waals surface area contributed by atoms with Gasteiger partial charge < -0.3 is 5.11 Å². The van der Waals surface area contributed by atoms with E-state index in [0.29, 0.717) is 0 Å². The van der Waals surface area contributed by atoms with Gasteiger partial charge in [0.05, 0.1) is 0 Å². The zero-order chi connectivity index (χ0) is 9.46. The van der Waals surface area contributed by atoms with Crippen LogP contribution in [0.3, 0.4) is 0 Å². The molecule has 1 aromatic rings. The van der Waals surface area contributed by atoms with Crippen molar-refractivity contribution in [1.29, 1.82) is 0 Å². The summed E-state index contributed by atoms with van der Waals surface area (Å²) in [4.78, 5) is 0. The molecule has 1 nitrogen and oxygen atoms in total. The molecule has 0 radical (unpaired) electrons. The lowest BCUT2D eigenvalue weighted by molar-refractivity contribution is 0.359. The van der Waals surface area contributed by atoms with Gasteiger partial charge in [0.2, 0.25) is 5.82 Å². The number of phenolic OH excluding ortho intramolecular Hbond substituents is 1. The average Bonchev–Trinajstić information content (AvgIpc) is 2.08. The number of hydrogen-bond acceptors (Lipinski definition) is 1. The molecule has 0 saturated heterocycles.